The molecule has 0 saturated carbocycles. The van der Waals surface area contributed by atoms with Gasteiger partial charge in [0.2, 0.25) is 15.9 Å². The number of ether oxygens (including phenoxy) is 1. The van der Waals surface area contributed by atoms with E-state index in [1.807, 2.05) is 48.5 Å². The minimum atomic E-state index is -3.79. The SMILES string of the molecule is CS(=O)(=O)N(CC(=O)Nc1ccccc1C(=O)NCc1ccccc1)c1ccc(Oc2ccccc2)cc1. The van der Waals surface area contributed by atoms with Crippen LogP contribution in [0.25, 0.3) is 0 Å². The van der Waals surface area contributed by atoms with Crippen molar-refractivity contribution in [2.24, 2.45) is 0 Å². The zero-order chi connectivity index (χ0) is 27.0. The van der Waals surface area contributed by atoms with E-state index >= 15 is 0 Å². The van der Waals surface area contributed by atoms with Crippen LogP contribution in [0.15, 0.2) is 109 Å². The summed E-state index contributed by atoms with van der Waals surface area (Å²) in [7, 11) is -3.79. The molecule has 0 saturated heterocycles. The van der Waals surface area contributed by atoms with E-state index in [2.05, 4.69) is 10.6 Å². The van der Waals surface area contributed by atoms with Crippen molar-refractivity contribution in [2.45, 2.75) is 6.54 Å². The fourth-order valence-electron chi connectivity index (χ4n) is 3.69. The third kappa shape index (κ3) is 7.21. The molecule has 2 N–H and O–H groups in total. The Balaban J connectivity index is 1.44. The highest BCUT2D eigenvalue weighted by Gasteiger charge is 2.22. The quantitative estimate of drug-likeness (QED) is 0.307. The second-order valence-corrected chi connectivity index (χ2v) is 10.3. The summed E-state index contributed by atoms with van der Waals surface area (Å²) >= 11 is 0. The Hall–Kier alpha value is -4.63. The van der Waals surface area contributed by atoms with Crippen LogP contribution in [0, 0.1) is 0 Å². The first-order valence-corrected chi connectivity index (χ1v) is 13.7. The molecule has 0 aliphatic heterocycles. The molecule has 0 radical (unpaired) electrons. The molecule has 2 amide bonds. The number of hydrogen-bond donors (Lipinski definition) is 2. The molecule has 0 spiro atoms. The van der Waals surface area contributed by atoms with E-state index in [1.165, 1.54) is 0 Å². The van der Waals surface area contributed by atoms with Gasteiger partial charge in [0.05, 0.1) is 23.2 Å². The molecule has 4 aromatic rings. The molecule has 0 fully saturated rings. The van der Waals surface area contributed by atoms with E-state index in [1.54, 1.807) is 60.7 Å². The minimum Gasteiger partial charge on any atom is -0.457 e. The summed E-state index contributed by atoms with van der Waals surface area (Å²) in [5.74, 6) is 0.210. The number of benzene rings is 4. The number of sulfonamides is 1. The van der Waals surface area contributed by atoms with Crippen molar-refractivity contribution in [1.82, 2.24) is 5.32 Å². The molecule has 38 heavy (non-hydrogen) atoms. The Labute approximate surface area is 221 Å². The lowest BCUT2D eigenvalue weighted by molar-refractivity contribution is -0.114. The number of anilines is 2. The van der Waals surface area contributed by atoms with Crippen molar-refractivity contribution in [3.63, 3.8) is 0 Å². The van der Waals surface area contributed by atoms with Crippen molar-refractivity contribution in [2.75, 3.05) is 22.4 Å². The van der Waals surface area contributed by atoms with Gasteiger partial charge in [0, 0.05) is 6.54 Å². The standard InChI is InChI=1S/C29H27N3O5S/c1-38(35,36)32(23-16-18-25(19-17-23)37-24-12-6-3-7-13-24)21-28(33)31-27-15-9-8-14-26(27)29(34)30-20-22-10-4-2-5-11-22/h2-19H,20-21H2,1H3,(H,30,34)(H,31,33). The van der Waals surface area contributed by atoms with Gasteiger partial charge in [0.25, 0.3) is 5.91 Å². The molecule has 0 aromatic heterocycles. The van der Waals surface area contributed by atoms with Crippen molar-refractivity contribution < 1.29 is 22.7 Å². The first-order chi connectivity index (χ1) is 18.3. The Morgan fingerprint density at radius 2 is 1.34 bits per heavy atom. The lowest BCUT2D eigenvalue weighted by atomic mass is 10.1. The average Bonchev–Trinajstić information content (AvgIpc) is 2.92. The van der Waals surface area contributed by atoms with E-state index in [9.17, 15) is 18.0 Å². The highest BCUT2D eigenvalue weighted by molar-refractivity contribution is 7.92. The molecule has 0 unspecified atom stereocenters. The monoisotopic (exact) mass is 529 g/mol. The molecule has 4 rings (SSSR count). The molecule has 9 heteroatoms. The highest BCUT2D eigenvalue weighted by Crippen LogP contribution is 2.25. The van der Waals surface area contributed by atoms with Gasteiger partial charge in [0.15, 0.2) is 0 Å². The first-order valence-electron chi connectivity index (χ1n) is 11.8. The van der Waals surface area contributed by atoms with Gasteiger partial charge in [-0.05, 0) is 54.1 Å². The topological polar surface area (TPSA) is 105 Å². The second kappa shape index (κ2) is 12.1. The number of nitrogens with one attached hydrogen (secondary N) is 2. The zero-order valence-corrected chi connectivity index (χ0v) is 21.5. The van der Waals surface area contributed by atoms with Crippen LogP contribution in [-0.2, 0) is 21.4 Å². The van der Waals surface area contributed by atoms with E-state index in [4.69, 9.17) is 4.74 Å². The van der Waals surface area contributed by atoms with Crippen LogP contribution in [0.3, 0.4) is 0 Å². The summed E-state index contributed by atoms with van der Waals surface area (Å²) in [6, 6.07) is 31.6. The molecular weight excluding hydrogens is 502 g/mol. The summed E-state index contributed by atoms with van der Waals surface area (Å²) in [6.07, 6.45) is 1.03. The number of amides is 2. The molecule has 8 nitrogen and oxygen atoms in total. The normalized spacial score (nSPS) is 10.9. The Morgan fingerprint density at radius 1 is 0.763 bits per heavy atom. The van der Waals surface area contributed by atoms with Crippen LogP contribution in [-0.4, -0.2) is 33.0 Å². The summed E-state index contributed by atoms with van der Waals surface area (Å²) < 4.78 is 31.8. The fraction of sp³-hybridized carbons (Fsp3) is 0.103. The fourth-order valence-corrected chi connectivity index (χ4v) is 4.55. The maximum Gasteiger partial charge on any atom is 0.253 e. The van der Waals surface area contributed by atoms with Crippen molar-refractivity contribution in [3.05, 3.63) is 120 Å². The number of carbonyl (C=O) groups excluding carboxylic acids is 2. The molecule has 4 aromatic carbocycles. The lowest BCUT2D eigenvalue weighted by Crippen LogP contribution is -2.37. The van der Waals surface area contributed by atoms with Gasteiger partial charge in [-0.1, -0.05) is 60.7 Å². The third-order valence-corrected chi connectivity index (χ3v) is 6.67. The number of para-hydroxylation sites is 2. The lowest BCUT2D eigenvalue weighted by Gasteiger charge is -2.22. The minimum absolute atomic E-state index is 0.269. The van der Waals surface area contributed by atoms with Gasteiger partial charge in [-0.3, -0.25) is 13.9 Å². The van der Waals surface area contributed by atoms with Gasteiger partial charge in [-0.15, -0.1) is 0 Å². The zero-order valence-electron chi connectivity index (χ0n) is 20.7. The highest BCUT2D eigenvalue weighted by atomic mass is 32.2. The molecule has 0 aliphatic carbocycles. The smallest absolute Gasteiger partial charge is 0.253 e. The van der Waals surface area contributed by atoms with Crippen LogP contribution in [0.1, 0.15) is 15.9 Å². The van der Waals surface area contributed by atoms with E-state index in [0.717, 1.165) is 16.1 Å². The summed E-state index contributed by atoms with van der Waals surface area (Å²) in [4.78, 5) is 25.7. The van der Waals surface area contributed by atoms with E-state index < -0.39 is 22.5 Å². The first kappa shape index (κ1) is 26.4. The second-order valence-electron chi connectivity index (χ2n) is 8.44. The van der Waals surface area contributed by atoms with E-state index in [0.29, 0.717) is 23.7 Å². The van der Waals surface area contributed by atoms with Crippen molar-refractivity contribution in [3.8, 4) is 11.5 Å². The Kier molecular flexibility index (Phi) is 8.40. The number of hydrogen-bond acceptors (Lipinski definition) is 5. The Morgan fingerprint density at radius 3 is 2.00 bits per heavy atom. The van der Waals surface area contributed by atoms with Gasteiger partial charge in [-0.2, -0.15) is 0 Å². The van der Waals surface area contributed by atoms with Crippen molar-refractivity contribution in [1.29, 1.82) is 0 Å². The van der Waals surface area contributed by atoms with Crippen molar-refractivity contribution >= 4 is 33.2 Å². The van der Waals surface area contributed by atoms with Gasteiger partial charge in [-0.25, -0.2) is 8.42 Å². The Bertz CT molecular complexity index is 1490. The molecular formula is C29H27N3O5S. The third-order valence-electron chi connectivity index (χ3n) is 5.53. The van der Waals surface area contributed by atoms with Crippen LogP contribution in [0.5, 0.6) is 11.5 Å². The number of nitrogens with zero attached hydrogens (tertiary/aromatic N) is 1. The average molecular weight is 530 g/mol. The summed E-state index contributed by atoms with van der Waals surface area (Å²) in [6.45, 7) is -0.147. The van der Waals surface area contributed by atoms with Gasteiger partial charge >= 0.3 is 0 Å². The molecule has 0 heterocycles. The number of rotatable bonds is 10. The molecule has 0 aliphatic rings. The summed E-state index contributed by atoms with van der Waals surface area (Å²) in [5, 5.41) is 5.51. The molecule has 0 bridgehead atoms. The van der Waals surface area contributed by atoms with E-state index in [-0.39, 0.29) is 17.2 Å². The maximum absolute atomic E-state index is 12.9. The van der Waals surface area contributed by atoms with Crippen LogP contribution in [0.4, 0.5) is 11.4 Å². The number of carbonyl (C=O) groups is 2. The largest absolute Gasteiger partial charge is 0.457 e. The molecule has 0 atom stereocenters. The van der Waals surface area contributed by atoms with Crippen LogP contribution in [0.2, 0.25) is 0 Å². The summed E-state index contributed by atoms with van der Waals surface area (Å²) in [5.41, 5.74) is 1.79. The van der Waals surface area contributed by atoms with Gasteiger partial charge < -0.3 is 15.4 Å². The maximum atomic E-state index is 12.9. The van der Waals surface area contributed by atoms with Crippen LogP contribution < -0.4 is 19.7 Å². The molecule has 194 valence electrons. The predicted molar refractivity (Wildman–Crippen MR) is 148 cm³/mol. The van der Waals surface area contributed by atoms with Gasteiger partial charge in [0.1, 0.15) is 18.0 Å². The predicted octanol–water partition coefficient (Wildman–Crippen LogP) is 4.81. The van der Waals surface area contributed by atoms with Crippen LogP contribution >= 0.6 is 0 Å².